The number of morpholine rings is 1. The molecule has 0 radical (unpaired) electrons. The number of carbonyl (C=O) groups is 1. The van der Waals surface area contributed by atoms with Gasteiger partial charge in [0.2, 0.25) is 0 Å². The largest absolute Gasteiger partial charge is 0.378 e. The van der Waals surface area contributed by atoms with Crippen LogP contribution in [-0.4, -0.2) is 56.6 Å². The summed E-state index contributed by atoms with van der Waals surface area (Å²) in [5.74, 6) is 0.171. The van der Waals surface area contributed by atoms with Gasteiger partial charge in [0.05, 0.1) is 18.8 Å². The molecule has 1 aliphatic heterocycles. The zero-order chi connectivity index (χ0) is 25.1. The van der Waals surface area contributed by atoms with Gasteiger partial charge >= 0.3 is 0 Å². The van der Waals surface area contributed by atoms with E-state index in [1.54, 1.807) is 0 Å². The topological polar surface area (TPSA) is 32.8 Å². The fraction of sp³-hybridized carbons (Fsp3) is 0.344. The predicted octanol–water partition coefficient (Wildman–Crippen LogP) is 5.84. The van der Waals surface area contributed by atoms with Gasteiger partial charge in [-0.1, -0.05) is 73.2 Å². The van der Waals surface area contributed by atoms with Crippen molar-refractivity contribution >= 4 is 17.5 Å². The number of likely N-dealkylation sites (N-methyl/N-ethyl adjacent to an activating group) is 1. The molecule has 1 aliphatic carbocycles. The maximum absolute atomic E-state index is 14.5. The number of ether oxygens (including phenoxy) is 1. The van der Waals surface area contributed by atoms with Crippen LogP contribution in [0.1, 0.15) is 46.3 Å². The van der Waals surface area contributed by atoms with Crippen LogP contribution in [0.15, 0.2) is 84.4 Å². The molecule has 186 valence electrons. The summed E-state index contributed by atoms with van der Waals surface area (Å²) in [6.07, 6.45) is 3.87. The van der Waals surface area contributed by atoms with Gasteiger partial charge in [-0.15, -0.1) is 0 Å². The van der Waals surface area contributed by atoms with Gasteiger partial charge in [0.25, 0.3) is 0 Å². The first-order chi connectivity index (χ1) is 17.5. The van der Waals surface area contributed by atoms with Crippen LogP contribution in [0.5, 0.6) is 0 Å². The van der Waals surface area contributed by atoms with Crippen molar-refractivity contribution in [1.82, 2.24) is 4.90 Å². The van der Waals surface area contributed by atoms with Crippen molar-refractivity contribution in [2.24, 2.45) is 0 Å². The van der Waals surface area contributed by atoms with Crippen LogP contribution < -0.4 is 4.90 Å². The van der Waals surface area contributed by atoms with E-state index in [4.69, 9.17) is 4.74 Å². The van der Waals surface area contributed by atoms with Crippen LogP contribution in [0, 0.1) is 0 Å². The van der Waals surface area contributed by atoms with Crippen LogP contribution >= 0.6 is 0 Å². The van der Waals surface area contributed by atoms with Crippen molar-refractivity contribution in [1.29, 1.82) is 0 Å². The molecule has 1 saturated heterocycles. The summed E-state index contributed by atoms with van der Waals surface area (Å²) in [4.78, 5) is 19.0. The second-order valence-corrected chi connectivity index (χ2v) is 10.1. The lowest BCUT2D eigenvalue weighted by atomic mass is 9.69. The van der Waals surface area contributed by atoms with Gasteiger partial charge in [0, 0.05) is 30.3 Å². The molecule has 2 atom stereocenters. The molecular formula is C32H36N2O2. The van der Waals surface area contributed by atoms with E-state index in [1.807, 2.05) is 12.1 Å². The molecule has 4 nitrogen and oxygen atoms in total. The fourth-order valence-electron chi connectivity index (χ4n) is 6.11. The normalized spacial score (nSPS) is 19.1. The lowest BCUT2D eigenvalue weighted by Gasteiger charge is -2.44. The van der Waals surface area contributed by atoms with Crippen LogP contribution in [-0.2, 0) is 11.2 Å². The molecule has 5 rings (SSSR count). The number of nitrogens with zero attached hydrogens (tertiary/aromatic N) is 2. The molecule has 0 spiro atoms. The lowest BCUT2D eigenvalue weighted by molar-refractivity contribution is 0.0618. The van der Waals surface area contributed by atoms with Gasteiger partial charge in [-0.25, -0.2) is 0 Å². The Balaban J connectivity index is 1.54. The molecule has 2 unspecified atom stereocenters. The van der Waals surface area contributed by atoms with Crippen molar-refractivity contribution in [2.75, 3.05) is 45.3 Å². The lowest BCUT2D eigenvalue weighted by Crippen LogP contribution is -2.55. The fourth-order valence-corrected chi connectivity index (χ4v) is 6.11. The Hall–Kier alpha value is -3.21. The third kappa shape index (κ3) is 4.40. The molecular weight excluding hydrogens is 444 g/mol. The van der Waals surface area contributed by atoms with Gasteiger partial charge in [-0.2, -0.15) is 0 Å². The highest BCUT2D eigenvalue weighted by atomic mass is 16.5. The quantitative estimate of drug-likeness (QED) is 0.379. The minimum atomic E-state index is -0.687. The Labute approximate surface area is 215 Å². The van der Waals surface area contributed by atoms with E-state index in [-0.39, 0.29) is 11.7 Å². The Morgan fingerprint density at radius 1 is 0.944 bits per heavy atom. The summed E-state index contributed by atoms with van der Waals surface area (Å²) >= 11 is 0. The van der Waals surface area contributed by atoms with Crippen LogP contribution in [0.3, 0.4) is 0 Å². The van der Waals surface area contributed by atoms with E-state index in [2.05, 4.69) is 104 Å². The van der Waals surface area contributed by atoms with Crippen molar-refractivity contribution in [3.8, 4) is 0 Å². The number of rotatable bonds is 8. The molecule has 3 aromatic carbocycles. The average Bonchev–Trinajstić information content (AvgIpc) is 3.28. The van der Waals surface area contributed by atoms with Gasteiger partial charge in [0.15, 0.2) is 5.78 Å². The molecule has 0 saturated carbocycles. The number of hydrogen-bond acceptors (Lipinski definition) is 4. The molecule has 0 bridgehead atoms. The molecule has 4 heteroatoms. The third-order valence-electron chi connectivity index (χ3n) is 7.98. The second-order valence-electron chi connectivity index (χ2n) is 10.1. The van der Waals surface area contributed by atoms with Crippen LogP contribution in [0.4, 0.5) is 5.69 Å². The minimum Gasteiger partial charge on any atom is -0.378 e. The molecule has 36 heavy (non-hydrogen) atoms. The number of carbonyl (C=O) groups excluding carboxylic acids is 1. The second kappa shape index (κ2) is 10.4. The molecule has 3 aromatic rings. The summed E-state index contributed by atoms with van der Waals surface area (Å²) in [5, 5.41) is 0. The molecule has 1 fully saturated rings. The smallest absolute Gasteiger partial charge is 0.184 e. The maximum Gasteiger partial charge on any atom is 0.184 e. The predicted molar refractivity (Wildman–Crippen MR) is 148 cm³/mol. The molecule has 0 aromatic heterocycles. The zero-order valence-electron chi connectivity index (χ0n) is 21.6. The highest BCUT2D eigenvalue weighted by molar-refractivity contribution is 6.05. The van der Waals surface area contributed by atoms with Gasteiger partial charge in [-0.3, -0.25) is 9.69 Å². The first-order valence-electron chi connectivity index (χ1n) is 13.0. The van der Waals surface area contributed by atoms with Crippen molar-refractivity contribution in [2.45, 2.75) is 31.2 Å². The summed E-state index contributed by atoms with van der Waals surface area (Å²) in [7, 11) is 4.12. The zero-order valence-corrected chi connectivity index (χ0v) is 21.6. The van der Waals surface area contributed by atoms with Crippen molar-refractivity contribution < 1.29 is 9.53 Å². The number of benzene rings is 3. The Morgan fingerprint density at radius 3 is 2.28 bits per heavy atom. The van der Waals surface area contributed by atoms with E-state index in [0.29, 0.717) is 0 Å². The summed E-state index contributed by atoms with van der Waals surface area (Å²) in [6, 6.07) is 27.4. The Bertz CT molecular complexity index is 1230. The number of Topliss-reactive ketones (excluding diaryl/α,β-unsaturated/α-hetero) is 1. The summed E-state index contributed by atoms with van der Waals surface area (Å²) < 4.78 is 5.50. The van der Waals surface area contributed by atoms with Crippen LogP contribution in [0.25, 0.3) is 6.08 Å². The SMILES string of the molecule is CCC(C(=O)c1ccc(N2CCOCC2)cc1)(C1C(Cc2ccccc2)=Cc2ccccc21)N(C)C. The standard InChI is InChI=1S/C32H36N2O2/c1-4-32(33(2)3,31(35)25-14-16-28(17-15-25)34-18-20-36-21-19-34)30-27(22-24-10-6-5-7-11-24)23-26-12-8-9-13-29(26)30/h5-17,23,30H,4,18-22H2,1-3H3. The van der Waals surface area contributed by atoms with Gasteiger partial charge in [-0.05, 0) is 67.9 Å². The van der Waals surface area contributed by atoms with E-state index < -0.39 is 5.54 Å². The Morgan fingerprint density at radius 2 is 1.61 bits per heavy atom. The highest BCUT2D eigenvalue weighted by Gasteiger charge is 2.50. The van der Waals surface area contributed by atoms with E-state index >= 15 is 0 Å². The highest BCUT2D eigenvalue weighted by Crippen LogP contribution is 2.49. The molecule has 1 heterocycles. The van der Waals surface area contributed by atoms with Crippen molar-refractivity contribution in [3.05, 3.63) is 107 Å². The van der Waals surface area contributed by atoms with Crippen LogP contribution in [0.2, 0.25) is 0 Å². The molecule has 2 aliphatic rings. The molecule has 0 amide bonds. The number of anilines is 1. The summed E-state index contributed by atoms with van der Waals surface area (Å²) in [5.41, 5.74) is 6.28. The maximum atomic E-state index is 14.5. The minimum absolute atomic E-state index is 0.0136. The molecule has 0 N–H and O–H groups in total. The van der Waals surface area contributed by atoms with Gasteiger partial charge < -0.3 is 9.64 Å². The number of fused-ring (bicyclic) bond motifs is 1. The number of ketones is 1. The third-order valence-corrected chi connectivity index (χ3v) is 7.98. The van der Waals surface area contributed by atoms with E-state index in [9.17, 15) is 4.79 Å². The Kier molecular flexibility index (Phi) is 7.08. The number of hydrogen-bond donors (Lipinski definition) is 0. The van der Waals surface area contributed by atoms with Gasteiger partial charge in [0.1, 0.15) is 0 Å². The van der Waals surface area contributed by atoms with E-state index in [0.717, 1.165) is 50.4 Å². The average molecular weight is 481 g/mol. The van der Waals surface area contributed by atoms with E-state index in [1.165, 1.54) is 22.3 Å². The van der Waals surface area contributed by atoms with Crippen molar-refractivity contribution in [3.63, 3.8) is 0 Å². The first-order valence-corrected chi connectivity index (χ1v) is 13.0. The first kappa shape index (κ1) is 24.5. The monoisotopic (exact) mass is 480 g/mol. The summed E-state index contributed by atoms with van der Waals surface area (Å²) in [6.45, 7) is 5.42.